The van der Waals surface area contributed by atoms with Crippen LogP contribution in [0.5, 0.6) is 17.2 Å². The van der Waals surface area contributed by atoms with Gasteiger partial charge in [-0.15, -0.1) is 0 Å². The first-order valence-corrected chi connectivity index (χ1v) is 5.92. The number of hydrogen-bond acceptors (Lipinski definition) is 4. The van der Waals surface area contributed by atoms with Crippen molar-refractivity contribution in [3.63, 3.8) is 0 Å². The first kappa shape index (κ1) is 12.7. The minimum absolute atomic E-state index is 0.0983. The summed E-state index contributed by atoms with van der Waals surface area (Å²) in [5.74, 6) is 2.66. The summed E-state index contributed by atoms with van der Waals surface area (Å²) in [4.78, 5) is 11.4. The maximum atomic E-state index is 11.4. The highest BCUT2D eigenvalue weighted by Crippen LogP contribution is 2.54. The molecule has 0 bridgehead atoms. The molecule has 0 radical (unpaired) electrons. The van der Waals surface area contributed by atoms with Crippen LogP contribution in [0.3, 0.4) is 0 Å². The van der Waals surface area contributed by atoms with E-state index in [1.807, 2.05) is 12.1 Å². The van der Waals surface area contributed by atoms with Crippen LogP contribution in [0.25, 0.3) is 0 Å². The summed E-state index contributed by atoms with van der Waals surface area (Å²) in [5.41, 5.74) is 0.973. The summed E-state index contributed by atoms with van der Waals surface area (Å²) in [5, 5.41) is 0. The molecule has 1 aliphatic carbocycles. The predicted molar refractivity (Wildman–Crippen MR) is 67.6 cm³/mol. The molecule has 0 N–H and O–H groups in total. The normalized spacial score (nSPS) is 21.3. The van der Waals surface area contributed by atoms with Crippen molar-refractivity contribution < 1.29 is 19.0 Å². The molecular formula is C14H18O4. The summed E-state index contributed by atoms with van der Waals surface area (Å²) in [6.45, 7) is 1.63. The second-order valence-corrected chi connectivity index (χ2v) is 4.50. The zero-order valence-corrected chi connectivity index (χ0v) is 11.1. The third-order valence-electron chi connectivity index (χ3n) is 3.44. The quantitative estimate of drug-likeness (QED) is 0.805. The van der Waals surface area contributed by atoms with Gasteiger partial charge >= 0.3 is 0 Å². The van der Waals surface area contributed by atoms with Crippen molar-refractivity contribution in [1.29, 1.82) is 0 Å². The Morgan fingerprint density at radius 3 is 2.00 bits per heavy atom. The lowest BCUT2D eigenvalue weighted by molar-refractivity contribution is -0.118. The largest absolute Gasteiger partial charge is 0.496 e. The van der Waals surface area contributed by atoms with Crippen molar-refractivity contribution >= 4 is 5.78 Å². The zero-order valence-electron chi connectivity index (χ0n) is 11.1. The molecule has 1 aromatic carbocycles. The first-order valence-electron chi connectivity index (χ1n) is 5.92. The van der Waals surface area contributed by atoms with Crippen LogP contribution in [0.4, 0.5) is 0 Å². The van der Waals surface area contributed by atoms with Crippen molar-refractivity contribution in [2.24, 2.45) is 5.92 Å². The molecule has 98 valence electrons. The van der Waals surface area contributed by atoms with Gasteiger partial charge in [-0.25, -0.2) is 0 Å². The highest BCUT2D eigenvalue weighted by Gasteiger charge is 2.45. The number of carbonyl (C=O) groups is 1. The average molecular weight is 250 g/mol. The van der Waals surface area contributed by atoms with E-state index in [9.17, 15) is 4.79 Å². The van der Waals surface area contributed by atoms with Gasteiger partial charge in [0.15, 0.2) is 0 Å². The Bertz CT molecular complexity index is 442. The van der Waals surface area contributed by atoms with Crippen molar-refractivity contribution in [2.75, 3.05) is 21.3 Å². The van der Waals surface area contributed by atoms with Crippen LogP contribution >= 0.6 is 0 Å². The summed E-state index contributed by atoms with van der Waals surface area (Å²) < 4.78 is 16.0. The second kappa shape index (κ2) is 4.88. The molecule has 2 atom stereocenters. The fourth-order valence-corrected chi connectivity index (χ4v) is 2.36. The molecule has 1 aliphatic rings. The Kier molecular flexibility index (Phi) is 3.45. The van der Waals surface area contributed by atoms with Crippen molar-refractivity contribution in [3.8, 4) is 17.2 Å². The molecule has 0 saturated heterocycles. The Morgan fingerprint density at radius 1 is 1.11 bits per heavy atom. The van der Waals surface area contributed by atoms with Gasteiger partial charge in [-0.05, 0) is 13.3 Å². The summed E-state index contributed by atoms with van der Waals surface area (Å²) in [6, 6.07) is 3.65. The molecule has 0 aromatic heterocycles. The van der Waals surface area contributed by atoms with Crippen molar-refractivity contribution in [2.45, 2.75) is 19.3 Å². The van der Waals surface area contributed by atoms with Crippen LogP contribution in [-0.2, 0) is 4.79 Å². The van der Waals surface area contributed by atoms with E-state index in [4.69, 9.17) is 14.2 Å². The van der Waals surface area contributed by atoms with Crippen LogP contribution in [0, 0.1) is 5.92 Å². The van der Waals surface area contributed by atoms with E-state index in [1.54, 1.807) is 28.3 Å². The predicted octanol–water partition coefficient (Wildman–Crippen LogP) is 2.40. The van der Waals surface area contributed by atoms with Gasteiger partial charge in [0.25, 0.3) is 0 Å². The molecule has 0 spiro atoms. The Morgan fingerprint density at radius 2 is 1.67 bits per heavy atom. The number of hydrogen-bond donors (Lipinski definition) is 0. The van der Waals surface area contributed by atoms with Gasteiger partial charge in [0.2, 0.25) is 0 Å². The molecule has 0 amide bonds. The second-order valence-electron chi connectivity index (χ2n) is 4.50. The van der Waals surface area contributed by atoms with E-state index in [1.165, 1.54) is 0 Å². The lowest BCUT2D eigenvalue weighted by atomic mass is 10.0. The SMILES string of the molecule is COc1cc(OC)c([C@@H]2C[C@@H]2C(C)=O)c(OC)c1. The van der Waals surface area contributed by atoms with E-state index < -0.39 is 0 Å². The number of methoxy groups -OCH3 is 3. The van der Waals surface area contributed by atoms with Crippen LogP contribution in [-0.4, -0.2) is 27.1 Å². The molecule has 0 aliphatic heterocycles. The molecule has 1 saturated carbocycles. The van der Waals surface area contributed by atoms with E-state index in [0.717, 1.165) is 23.5 Å². The third-order valence-corrected chi connectivity index (χ3v) is 3.44. The molecule has 1 fully saturated rings. The number of ether oxygens (including phenoxy) is 3. The maximum Gasteiger partial charge on any atom is 0.133 e. The number of Topliss-reactive ketones (excluding diaryl/α,β-unsaturated/α-hetero) is 1. The first-order chi connectivity index (χ1) is 8.62. The highest BCUT2D eigenvalue weighted by molar-refractivity contribution is 5.83. The van der Waals surface area contributed by atoms with Crippen LogP contribution < -0.4 is 14.2 Å². The minimum atomic E-state index is 0.0983. The highest BCUT2D eigenvalue weighted by atomic mass is 16.5. The number of rotatable bonds is 5. The molecule has 18 heavy (non-hydrogen) atoms. The maximum absolute atomic E-state index is 11.4. The Balaban J connectivity index is 2.42. The van der Waals surface area contributed by atoms with Gasteiger partial charge in [0.05, 0.1) is 21.3 Å². The lowest BCUT2D eigenvalue weighted by Gasteiger charge is -2.14. The van der Waals surface area contributed by atoms with Crippen LogP contribution in [0.1, 0.15) is 24.8 Å². The van der Waals surface area contributed by atoms with Crippen LogP contribution in [0.15, 0.2) is 12.1 Å². The Labute approximate surface area is 107 Å². The van der Waals surface area contributed by atoms with E-state index in [-0.39, 0.29) is 17.6 Å². The number of benzene rings is 1. The van der Waals surface area contributed by atoms with Crippen molar-refractivity contribution in [3.05, 3.63) is 17.7 Å². The zero-order chi connectivity index (χ0) is 13.3. The van der Waals surface area contributed by atoms with E-state index in [2.05, 4.69) is 0 Å². The minimum Gasteiger partial charge on any atom is -0.496 e. The number of ketones is 1. The third kappa shape index (κ3) is 2.15. The standard InChI is InChI=1S/C14H18O4/c1-8(15)10-7-11(10)14-12(17-3)5-9(16-2)6-13(14)18-4/h5-6,10-11H,7H2,1-4H3/t10-,11-/m1/s1. The summed E-state index contributed by atoms with van der Waals surface area (Å²) in [6.07, 6.45) is 0.869. The molecule has 2 rings (SSSR count). The lowest BCUT2D eigenvalue weighted by Crippen LogP contribution is -2.00. The van der Waals surface area contributed by atoms with Crippen LogP contribution in [0.2, 0.25) is 0 Å². The summed E-state index contributed by atoms with van der Waals surface area (Å²) in [7, 11) is 4.83. The molecule has 0 heterocycles. The Hall–Kier alpha value is -1.71. The monoisotopic (exact) mass is 250 g/mol. The smallest absolute Gasteiger partial charge is 0.133 e. The molecule has 1 aromatic rings. The molecular weight excluding hydrogens is 232 g/mol. The van der Waals surface area contributed by atoms with Gasteiger partial charge < -0.3 is 14.2 Å². The average Bonchev–Trinajstić information content (AvgIpc) is 3.17. The van der Waals surface area contributed by atoms with Gasteiger partial charge in [-0.3, -0.25) is 4.79 Å². The van der Waals surface area contributed by atoms with Crippen molar-refractivity contribution in [1.82, 2.24) is 0 Å². The van der Waals surface area contributed by atoms with Gasteiger partial charge in [0.1, 0.15) is 23.0 Å². The van der Waals surface area contributed by atoms with E-state index in [0.29, 0.717) is 5.75 Å². The number of carbonyl (C=O) groups excluding carboxylic acids is 1. The van der Waals surface area contributed by atoms with Gasteiger partial charge in [-0.2, -0.15) is 0 Å². The van der Waals surface area contributed by atoms with Gasteiger partial charge in [0, 0.05) is 29.5 Å². The molecule has 4 nitrogen and oxygen atoms in total. The summed E-state index contributed by atoms with van der Waals surface area (Å²) >= 11 is 0. The fourth-order valence-electron chi connectivity index (χ4n) is 2.36. The molecule has 0 unspecified atom stereocenters. The van der Waals surface area contributed by atoms with E-state index >= 15 is 0 Å². The fraction of sp³-hybridized carbons (Fsp3) is 0.500. The van der Waals surface area contributed by atoms with Gasteiger partial charge in [-0.1, -0.05) is 0 Å². The topological polar surface area (TPSA) is 44.8 Å². The molecule has 4 heteroatoms.